The monoisotopic (exact) mass is 170 g/mol. The third-order valence-corrected chi connectivity index (χ3v) is 2.10. The van der Waals surface area contributed by atoms with Gasteiger partial charge in [0.1, 0.15) is 5.58 Å². The number of nitrogens with zero attached hydrogens (tertiary/aromatic N) is 1. The lowest BCUT2D eigenvalue weighted by Crippen LogP contribution is -1.67. The highest BCUT2D eigenvalue weighted by molar-refractivity contribution is 6.04. The number of hydrogen-bond donors (Lipinski definition) is 0. The number of rotatable bonds is 0. The fourth-order valence-corrected chi connectivity index (χ4v) is 1.51. The van der Waals surface area contributed by atoms with Gasteiger partial charge in [0.2, 0.25) is 0 Å². The van der Waals surface area contributed by atoms with E-state index in [0.717, 1.165) is 16.4 Å². The van der Waals surface area contributed by atoms with E-state index in [0.29, 0.717) is 11.6 Å². The molecule has 0 aliphatic rings. The molecule has 2 heteroatoms. The second kappa shape index (κ2) is 2.33. The van der Waals surface area contributed by atoms with Crippen LogP contribution in [0.4, 0.5) is 0 Å². The van der Waals surface area contributed by atoms with Gasteiger partial charge in [0.25, 0.3) is 0 Å². The summed E-state index contributed by atoms with van der Waals surface area (Å²) in [6, 6.07) is 7.86. The molecular weight excluding hydrogens is 162 g/mol. The Kier molecular flexibility index (Phi) is 1.03. The number of benzene rings is 1. The van der Waals surface area contributed by atoms with Crippen molar-refractivity contribution < 1.29 is 5.79 Å². The summed E-state index contributed by atoms with van der Waals surface area (Å²) in [4.78, 5) is 3.98. The predicted molar refractivity (Wildman–Crippen MR) is 51.5 cm³/mol. The van der Waals surface area contributed by atoms with Crippen molar-refractivity contribution >= 4 is 21.9 Å². The Hall–Kier alpha value is -1.83. The van der Waals surface area contributed by atoms with E-state index in [4.69, 9.17) is 5.79 Å². The van der Waals surface area contributed by atoms with Crippen molar-refractivity contribution in [2.75, 3.05) is 0 Å². The zero-order valence-electron chi connectivity index (χ0n) is 7.82. The van der Waals surface area contributed by atoms with Gasteiger partial charge >= 0.3 is 0 Å². The summed E-state index contributed by atoms with van der Waals surface area (Å²) in [7, 11) is 0. The fourth-order valence-electron chi connectivity index (χ4n) is 1.51. The van der Waals surface area contributed by atoms with Crippen LogP contribution in [-0.2, 0) is 0 Å². The van der Waals surface area contributed by atoms with Crippen LogP contribution >= 0.6 is 0 Å². The Morgan fingerprint density at radius 2 is 2.08 bits per heavy atom. The molecule has 0 saturated heterocycles. The van der Waals surface area contributed by atoms with E-state index < -0.39 is 0 Å². The molecule has 0 bridgehead atoms. The first-order chi connectivity index (χ1) is 6.86. The van der Waals surface area contributed by atoms with E-state index in [1.54, 1.807) is 18.5 Å². The highest BCUT2D eigenvalue weighted by Gasteiger charge is 2.03. The summed E-state index contributed by atoms with van der Waals surface area (Å²) in [6.07, 6.45) is 3.41. The highest BCUT2D eigenvalue weighted by atomic mass is 16.3. The number of fused-ring (bicyclic) bond motifs is 3. The van der Waals surface area contributed by atoms with E-state index in [1.807, 2.05) is 18.2 Å². The van der Waals surface area contributed by atoms with Crippen LogP contribution in [0.5, 0.6) is 0 Å². The van der Waals surface area contributed by atoms with Gasteiger partial charge in [0.05, 0.1) is 7.57 Å². The summed E-state index contributed by atoms with van der Waals surface area (Å²) < 4.78 is 13.2. The second-order valence-electron chi connectivity index (χ2n) is 2.89. The van der Waals surface area contributed by atoms with Gasteiger partial charge in [-0.1, -0.05) is 18.2 Å². The van der Waals surface area contributed by atoms with Gasteiger partial charge in [-0.25, -0.2) is 0 Å². The summed E-state index contributed by atoms with van der Waals surface area (Å²) in [5.74, 6) is 0. The summed E-state index contributed by atoms with van der Waals surface area (Å²) in [5.41, 5.74) is 1.37. The minimum Gasteiger partial charge on any atom is -0.454 e. The van der Waals surface area contributed by atoms with Gasteiger partial charge < -0.3 is 4.42 Å². The molecule has 2 nitrogen and oxygen atoms in total. The lowest BCUT2D eigenvalue weighted by molar-refractivity contribution is 0.667. The molecule has 13 heavy (non-hydrogen) atoms. The largest absolute Gasteiger partial charge is 0.454 e. The van der Waals surface area contributed by atoms with E-state index >= 15 is 0 Å². The van der Waals surface area contributed by atoms with Gasteiger partial charge in [0, 0.05) is 17.0 Å². The lowest BCUT2D eigenvalue weighted by Gasteiger charge is -1.84. The molecule has 2 aromatic heterocycles. The summed E-state index contributed by atoms with van der Waals surface area (Å²) >= 11 is 0. The van der Waals surface area contributed by atoms with Crippen molar-refractivity contribution in [2.24, 2.45) is 0 Å². The van der Waals surface area contributed by atoms with Crippen LogP contribution in [0.3, 0.4) is 0 Å². The normalized spacial score (nSPS) is 12.2. The molecule has 0 fully saturated rings. The topological polar surface area (TPSA) is 26.0 Å². The highest BCUT2D eigenvalue weighted by Crippen LogP contribution is 2.26. The van der Waals surface area contributed by atoms with E-state index in [-0.39, 0.29) is 0 Å². The second-order valence-corrected chi connectivity index (χ2v) is 2.89. The zero-order chi connectivity index (χ0) is 9.54. The molecule has 0 atom stereocenters. The van der Waals surface area contributed by atoms with Crippen molar-refractivity contribution in [3.63, 3.8) is 0 Å². The summed E-state index contributed by atoms with van der Waals surface area (Å²) in [6.45, 7) is 0. The van der Waals surface area contributed by atoms with Gasteiger partial charge in [-0.2, -0.15) is 0 Å². The first-order valence-corrected chi connectivity index (χ1v) is 4.08. The predicted octanol–water partition coefficient (Wildman–Crippen LogP) is 2.98. The third kappa shape index (κ3) is 0.855. The first-order valence-electron chi connectivity index (χ1n) is 4.58. The molecule has 1 aromatic carbocycles. The Bertz CT molecular complexity index is 615. The molecule has 0 unspecified atom stereocenters. The fraction of sp³-hybridized carbons (Fsp3) is 0. The number of para-hydroxylation sites is 1. The van der Waals surface area contributed by atoms with Crippen molar-refractivity contribution in [1.82, 2.24) is 4.98 Å². The molecule has 0 aliphatic heterocycles. The average molecular weight is 170 g/mol. The SMILES string of the molecule is [2H]c1cccc2c1oc1cnccc12. The van der Waals surface area contributed by atoms with Crippen LogP contribution in [0.15, 0.2) is 47.1 Å². The Morgan fingerprint density at radius 1 is 1.15 bits per heavy atom. The average Bonchev–Trinajstić information content (AvgIpc) is 2.59. The molecule has 0 amide bonds. The van der Waals surface area contributed by atoms with Crippen LogP contribution in [0.25, 0.3) is 21.9 Å². The molecule has 0 spiro atoms. The molecule has 3 aromatic rings. The number of aromatic nitrogens is 1. The first kappa shape index (κ1) is 5.75. The van der Waals surface area contributed by atoms with Crippen LogP contribution in [0.2, 0.25) is 0 Å². The molecule has 3 rings (SSSR count). The number of hydrogen-bond acceptors (Lipinski definition) is 2. The maximum atomic E-state index is 7.68. The molecule has 62 valence electrons. The minimum absolute atomic E-state index is 0.415. The standard InChI is InChI=1S/C11H7NO/c1-2-4-10-8(3-1)9-5-6-12-7-11(9)13-10/h1-7H/i4D. The van der Waals surface area contributed by atoms with Crippen LogP contribution in [0.1, 0.15) is 1.37 Å². The number of pyridine rings is 1. The minimum atomic E-state index is 0.415. The summed E-state index contributed by atoms with van der Waals surface area (Å²) in [5, 5.41) is 2.00. The molecular formula is C11H7NO. The van der Waals surface area contributed by atoms with Crippen molar-refractivity contribution in [3.05, 3.63) is 42.7 Å². The molecule has 0 saturated carbocycles. The maximum absolute atomic E-state index is 7.68. The van der Waals surface area contributed by atoms with Crippen molar-refractivity contribution in [3.8, 4) is 0 Å². The van der Waals surface area contributed by atoms with E-state index in [9.17, 15) is 0 Å². The van der Waals surface area contributed by atoms with Crippen molar-refractivity contribution in [1.29, 1.82) is 0 Å². The van der Waals surface area contributed by atoms with Gasteiger partial charge in [-0.3, -0.25) is 4.98 Å². The van der Waals surface area contributed by atoms with Crippen LogP contribution < -0.4 is 0 Å². The third-order valence-electron chi connectivity index (χ3n) is 2.10. The molecule has 0 radical (unpaired) electrons. The maximum Gasteiger partial charge on any atom is 0.153 e. The molecule has 0 N–H and O–H groups in total. The van der Waals surface area contributed by atoms with Gasteiger partial charge in [-0.15, -0.1) is 0 Å². The van der Waals surface area contributed by atoms with E-state index in [2.05, 4.69) is 4.98 Å². The zero-order valence-corrected chi connectivity index (χ0v) is 6.82. The molecule has 0 aliphatic carbocycles. The quantitative estimate of drug-likeness (QED) is 0.518. The smallest absolute Gasteiger partial charge is 0.153 e. The number of furan rings is 1. The van der Waals surface area contributed by atoms with Crippen LogP contribution in [0, 0.1) is 0 Å². The Morgan fingerprint density at radius 3 is 3.08 bits per heavy atom. The molecule has 2 heterocycles. The van der Waals surface area contributed by atoms with Gasteiger partial charge in [0.15, 0.2) is 5.58 Å². The Balaban J connectivity index is 2.63. The Labute approximate surface area is 76.2 Å². The van der Waals surface area contributed by atoms with Gasteiger partial charge in [-0.05, 0) is 12.1 Å². The van der Waals surface area contributed by atoms with E-state index in [1.165, 1.54) is 0 Å². The van der Waals surface area contributed by atoms with Crippen molar-refractivity contribution in [2.45, 2.75) is 0 Å². The lowest BCUT2D eigenvalue weighted by atomic mass is 10.2. The van der Waals surface area contributed by atoms with Crippen LogP contribution in [-0.4, -0.2) is 4.98 Å².